The van der Waals surface area contributed by atoms with Crippen LogP contribution in [0.2, 0.25) is 4.34 Å². The molecule has 2 rings (SSSR count). The predicted molar refractivity (Wildman–Crippen MR) is 87.5 cm³/mol. The standard InChI is InChI=1S/C15H18ClNS2/c1-10(12-4-6-14(18-3)7-5-12)17-11(2)13-8-15(16)19-9-13/h4-11,17H,1-3H3. The number of thiophene rings is 1. The van der Waals surface area contributed by atoms with Crippen molar-refractivity contribution in [2.45, 2.75) is 30.8 Å². The summed E-state index contributed by atoms with van der Waals surface area (Å²) < 4.78 is 0.848. The predicted octanol–water partition coefficient (Wildman–Crippen LogP) is 5.54. The van der Waals surface area contributed by atoms with Gasteiger partial charge in [-0.25, -0.2) is 0 Å². The van der Waals surface area contributed by atoms with E-state index >= 15 is 0 Å². The molecule has 0 saturated carbocycles. The van der Waals surface area contributed by atoms with Crippen molar-refractivity contribution in [1.82, 2.24) is 5.32 Å². The van der Waals surface area contributed by atoms with Crippen molar-refractivity contribution in [2.75, 3.05) is 6.26 Å². The molecule has 0 radical (unpaired) electrons. The first-order valence-corrected chi connectivity index (χ1v) is 8.72. The molecular formula is C15H18ClNS2. The Morgan fingerprint density at radius 1 is 1.11 bits per heavy atom. The molecular weight excluding hydrogens is 294 g/mol. The molecule has 1 N–H and O–H groups in total. The number of halogens is 1. The molecule has 1 aromatic carbocycles. The van der Waals surface area contributed by atoms with Gasteiger partial charge < -0.3 is 5.32 Å². The fourth-order valence-corrected chi connectivity index (χ4v) is 3.40. The van der Waals surface area contributed by atoms with Crippen LogP contribution in [0.5, 0.6) is 0 Å². The Bertz CT molecular complexity index is 521. The second-order valence-electron chi connectivity index (χ2n) is 4.57. The van der Waals surface area contributed by atoms with Gasteiger partial charge in [-0.3, -0.25) is 0 Å². The molecule has 2 aromatic rings. The van der Waals surface area contributed by atoms with Gasteiger partial charge in [0.2, 0.25) is 0 Å². The van der Waals surface area contributed by atoms with Gasteiger partial charge in [-0.05, 0) is 54.8 Å². The van der Waals surface area contributed by atoms with E-state index < -0.39 is 0 Å². The number of rotatable bonds is 5. The zero-order chi connectivity index (χ0) is 13.8. The van der Waals surface area contributed by atoms with E-state index in [1.54, 1.807) is 23.1 Å². The molecule has 0 bridgehead atoms. The average molecular weight is 312 g/mol. The summed E-state index contributed by atoms with van der Waals surface area (Å²) in [6.07, 6.45) is 2.10. The van der Waals surface area contributed by atoms with E-state index in [9.17, 15) is 0 Å². The van der Waals surface area contributed by atoms with Crippen LogP contribution in [-0.2, 0) is 0 Å². The van der Waals surface area contributed by atoms with Crippen LogP contribution in [0.25, 0.3) is 0 Å². The SMILES string of the molecule is CSc1ccc(C(C)NC(C)c2csc(Cl)c2)cc1. The first-order valence-electron chi connectivity index (χ1n) is 6.24. The Labute approximate surface area is 128 Å². The molecule has 0 aliphatic carbocycles. The minimum Gasteiger partial charge on any atom is -0.304 e. The van der Waals surface area contributed by atoms with Crippen LogP contribution in [0.4, 0.5) is 0 Å². The maximum atomic E-state index is 5.98. The van der Waals surface area contributed by atoms with Crippen LogP contribution in [0.15, 0.2) is 40.6 Å². The maximum Gasteiger partial charge on any atom is 0.0931 e. The van der Waals surface area contributed by atoms with E-state index in [2.05, 4.69) is 55.1 Å². The largest absolute Gasteiger partial charge is 0.304 e. The highest BCUT2D eigenvalue weighted by molar-refractivity contribution is 7.98. The summed E-state index contributed by atoms with van der Waals surface area (Å²) in [5, 5.41) is 5.72. The fourth-order valence-electron chi connectivity index (χ4n) is 2.01. The van der Waals surface area contributed by atoms with Gasteiger partial charge in [0.15, 0.2) is 0 Å². The third-order valence-electron chi connectivity index (χ3n) is 3.20. The highest BCUT2D eigenvalue weighted by atomic mass is 35.5. The van der Waals surface area contributed by atoms with Gasteiger partial charge in [-0.15, -0.1) is 23.1 Å². The van der Waals surface area contributed by atoms with Gasteiger partial charge in [0.25, 0.3) is 0 Å². The van der Waals surface area contributed by atoms with Gasteiger partial charge in [-0.1, -0.05) is 23.7 Å². The van der Waals surface area contributed by atoms with Crippen molar-refractivity contribution in [2.24, 2.45) is 0 Å². The summed E-state index contributed by atoms with van der Waals surface area (Å²) in [7, 11) is 0. The average Bonchev–Trinajstić information content (AvgIpc) is 2.85. The summed E-state index contributed by atoms with van der Waals surface area (Å²) >= 11 is 9.33. The zero-order valence-electron chi connectivity index (χ0n) is 11.3. The van der Waals surface area contributed by atoms with E-state index in [0.29, 0.717) is 12.1 Å². The number of thioether (sulfide) groups is 1. The summed E-state index contributed by atoms with van der Waals surface area (Å²) in [5.74, 6) is 0. The minimum absolute atomic E-state index is 0.305. The van der Waals surface area contributed by atoms with Crippen molar-refractivity contribution in [3.05, 3.63) is 51.2 Å². The lowest BCUT2D eigenvalue weighted by Gasteiger charge is -2.20. The van der Waals surface area contributed by atoms with Gasteiger partial charge >= 0.3 is 0 Å². The molecule has 1 heterocycles. The van der Waals surface area contributed by atoms with E-state index in [1.165, 1.54) is 16.0 Å². The zero-order valence-corrected chi connectivity index (χ0v) is 13.7. The minimum atomic E-state index is 0.305. The van der Waals surface area contributed by atoms with E-state index in [4.69, 9.17) is 11.6 Å². The Kier molecular flexibility index (Phi) is 5.34. The highest BCUT2D eigenvalue weighted by Crippen LogP contribution is 2.27. The van der Waals surface area contributed by atoms with Crippen LogP contribution >= 0.6 is 34.7 Å². The molecule has 0 saturated heterocycles. The quantitative estimate of drug-likeness (QED) is 0.728. The lowest BCUT2D eigenvalue weighted by Crippen LogP contribution is -2.22. The first-order chi connectivity index (χ1) is 9.10. The lowest BCUT2D eigenvalue weighted by atomic mass is 10.1. The second kappa shape index (κ2) is 6.80. The molecule has 1 nitrogen and oxygen atoms in total. The number of benzene rings is 1. The molecule has 0 spiro atoms. The van der Waals surface area contributed by atoms with Gasteiger partial charge in [0.05, 0.1) is 4.34 Å². The van der Waals surface area contributed by atoms with Crippen molar-refractivity contribution >= 4 is 34.7 Å². The van der Waals surface area contributed by atoms with Crippen LogP contribution in [0, 0.1) is 0 Å². The van der Waals surface area contributed by atoms with Crippen LogP contribution < -0.4 is 5.32 Å². The van der Waals surface area contributed by atoms with Crippen LogP contribution in [0.3, 0.4) is 0 Å². The maximum absolute atomic E-state index is 5.98. The fraction of sp³-hybridized carbons (Fsp3) is 0.333. The second-order valence-corrected chi connectivity index (χ2v) is 6.99. The number of hydrogen-bond donors (Lipinski definition) is 1. The number of nitrogens with one attached hydrogen (secondary N) is 1. The van der Waals surface area contributed by atoms with E-state index in [1.807, 2.05) is 6.07 Å². The van der Waals surface area contributed by atoms with Crippen molar-refractivity contribution in [3.8, 4) is 0 Å². The van der Waals surface area contributed by atoms with E-state index in [0.717, 1.165) is 4.34 Å². The van der Waals surface area contributed by atoms with Gasteiger partial charge in [0.1, 0.15) is 0 Å². The Morgan fingerprint density at radius 3 is 2.26 bits per heavy atom. The molecule has 102 valence electrons. The van der Waals surface area contributed by atoms with Crippen molar-refractivity contribution in [3.63, 3.8) is 0 Å². The van der Waals surface area contributed by atoms with Gasteiger partial charge in [0, 0.05) is 17.0 Å². The van der Waals surface area contributed by atoms with Crippen molar-refractivity contribution in [1.29, 1.82) is 0 Å². The van der Waals surface area contributed by atoms with Crippen LogP contribution in [-0.4, -0.2) is 6.26 Å². The molecule has 0 fully saturated rings. The molecule has 1 aromatic heterocycles. The third-order valence-corrected chi connectivity index (χ3v) is 5.06. The van der Waals surface area contributed by atoms with Crippen LogP contribution in [0.1, 0.15) is 37.1 Å². The van der Waals surface area contributed by atoms with Gasteiger partial charge in [-0.2, -0.15) is 0 Å². The lowest BCUT2D eigenvalue weighted by molar-refractivity contribution is 0.495. The summed E-state index contributed by atoms with van der Waals surface area (Å²) in [5.41, 5.74) is 2.56. The normalized spacial score (nSPS) is 14.3. The number of hydrogen-bond acceptors (Lipinski definition) is 3. The summed E-state index contributed by atoms with van der Waals surface area (Å²) in [6.45, 7) is 4.36. The Hall–Kier alpha value is -0.480. The Balaban J connectivity index is 2.01. The summed E-state index contributed by atoms with van der Waals surface area (Å²) in [4.78, 5) is 1.30. The van der Waals surface area contributed by atoms with E-state index in [-0.39, 0.29) is 0 Å². The molecule has 4 heteroatoms. The molecule has 19 heavy (non-hydrogen) atoms. The molecule has 2 unspecified atom stereocenters. The molecule has 0 amide bonds. The third kappa shape index (κ3) is 3.99. The first kappa shape index (κ1) is 14.9. The van der Waals surface area contributed by atoms with Crippen molar-refractivity contribution < 1.29 is 0 Å². The topological polar surface area (TPSA) is 12.0 Å². The molecule has 2 atom stereocenters. The molecule has 0 aliphatic heterocycles. The molecule has 0 aliphatic rings. The summed E-state index contributed by atoms with van der Waals surface area (Å²) in [6, 6.07) is 11.4. The Morgan fingerprint density at radius 2 is 1.74 bits per heavy atom. The smallest absolute Gasteiger partial charge is 0.0931 e. The monoisotopic (exact) mass is 311 g/mol. The highest BCUT2D eigenvalue weighted by Gasteiger charge is 2.12.